The van der Waals surface area contributed by atoms with Gasteiger partial charge in [-0.2, -0.15) is 0 Å². The maximum Gasteiger partial charge on any atom is 0.175 e. The van der Waals surface area contributed by atoms with Crippen LogP contribution in [0.15, 0.2) is 64.0 Å². The Bertz CT molecular complexity index is 1280. The molecule has 0 radical (unpaired) electrons. The molecule has 0 saturated carbocycles. The highest BCUT2D eigenvalue weighted by Gasteiger charge is 2.47. The van der Waals surface area contributed by atoms with Gasteiger partial charge in [0.15, 0.2) is 15.6 Å². The zero-order valence-corrected chi connectivity index (χ0v) is 20.2. The van der Waals surface area contributed by atoms with Crippen molar-refractivity contribution in [3.05, 3.63) is 97.2 Å². The van der Waals surface area contributed by atoms with Crippen LogP contribution < -0.4 is 0 Å². The first-order valence-electron chi connectivity index (χ1n) is 9.20. The van der Waals surface area contributed by atoms with Crippen molar-refractivity contribution in [2.75, 3.05) is 6.26 Å². The summed E-state index contributed by atoms with van der Waals surface area (Å²) in [6.45, 7) is 0.251. The predicted octanol–water partition coefficient (Wildman–Crippen LogP) is 5.51. The molecule has 9 heteroatoms. The average molecular weight is 545 g/mol. The van der Waals surface area contributed by atoms with Crippen LogP contribution >= 0.6 is 39.1 Å². The van der Waals surface area contributed by atoms with Crippen molar-refractivity contribution in [3.8, 4) is 0 Å². The molecule has 1 aliphatic heterocycles. The van der Waals surface area contributed by atoms with E-state index in [9.17, 15) is 13.5 Å². The zero-order chi connectivity index (χ0) is 22.6. The molecule has 3 aromatic carbocycles. The smallest absolute Gasteiger partial charge is 0.175 e. The fourth-order valence-corrected chi connectivity index (χ4v) is 5.80. The Morgan fingerprint density at radius 3 is 2.39 bits per heavy atom. The van der Waals surface area contributed by atoms with Gasteiger partial charge in [0.25, 0.3) is 0 Å². The van der Waals surface area contributed by atoms with E-state index in [1.54, 1.807) is 47.4 Å². The summed E-state index contributed by atoms with van der Waals surface area (Å²) in [5, 5.41) is 12.7. The molecule has 162 valence electrons. The van der Waals surface area contributed by atoms with E-state index in [1.165, 1.54) is 12.1 Å². The van der Waals surface area contributed by atoms with E-state index >= 15 is 4.39 Å². The molecule has 0 saturated heterocycles. The van der Waals surface area contributed by atoms with E-state index in [4.69, 9.17) is 23.2 Å². The Labute approximate surface area is 198 Å². The zero-order valence-electron chi connectivity index (χ0n) is 16.2. The number of halogens is 4. The van der Waals surface area contributed by atoms with Crippen molar-refractivity contribution in [2.24, 2.45) is 0 Å². The molecule has 1 unspecified atom stereocenters. The molecule has 0 aromatic heterocycles. The molecule has 0 spiro atoms. The Morgan fingerprint density at radius 1 is 1.10 bits per heavy atom. The minimum atomic E-state index is -3.58. The van der Waals surface area contributed by atoms with Gasteiger partial charge >= 0.3 is 0 Å². The van der Waals surface area contributed by atoms with E-state index in [2.05, 4.69) is 15.9 Å². The molecule has 1 atom stereocenters. The molecule has 3 aromatic rings. The van der Waals surface area contributed by atoms with Gasteiger partial charge in [0, 0.05) is 45.0 Å². The Kier molecular flexibility index (Phi) is 5.96. The van der Waals surface area contributed by atoms with Crippen LogP contribution in [0.1, 0.15) is 22.3 Å². The number of fused-ring (bicyclic) bond motifs is 1. The third-order valence-corrected chi connectivity index (χ3v) is 7.46. The molecule has 31 heavy (non-hydrogen) atoms. The van der Waals surface area contributed by atoms with Crippen LogP contribution in [0, 0.1) is 5.82 Å². The molecule has 0 aliphatic carbocycles. The van der Waals surface area contributed by atoms with Gasteiger partial charge in [-0.15, -0.1) is 0 Å². The second kappa shape index (κ2) is 8.14. The lowest BCUT2D eigenvalue weighted by Gasteiger charge is -2.35. The monoisotopic (exact) mass is 543 g/mol. The fraction of sp³-hybridized carbons (Fsp3) is 0.182. The highest BCUT2D eigenvalue weighted by atomic mass is 79.9. The number of hydrogen-bond acceptors (Lipinski definition) is 4. The van der Waals surface area contributed by atoms with Crippen molar-refractivity contribution in [1.29, 1.82) is 0 Å². The van der Waals surface area contributed by atoms with Gasteiger partial charge in [0.05, 0.1) is 4.90 Å². The van der Waals surface area contributed by atoms with Crippen LogP contribution in [0.5, 0.6) is 0 Å². The molecule has 0 fully saturated rings. The number of benzene rings is 3. The molecule has 1 heterocycles. The summed E-state index contributed by atoms with van der Waals surface area (Å²) in [7, 11) is -3.58. The summed E-state index contributed by atoms with van der Waals surface area (Å²) >= 11 is 15.3. The first kappa shape index (κ1) is 22.7. The van der Waals surface area contributed by atoms with Crippen molar-refractivity contribution in [2.45, 2.75) is 23.7 Å². The minimum Gasteiger partial charge on any atom is -0.367 e. The maximum atomic E-state index is 15.1. The number of hydrogen-bond donors (Lipinski definition) is 1. The maximum absolute atomic E-state index is 15.1. The summed E-state index contributed by atoms with van der Waals surface area (Å²) in [5.41, 5.74) is -0.218. The topological polar surface area (TPSA) is 57.6 Å². The normalized spacial score (nSPS) is 18.9. The van der Waals surface area contributed by atoms with Crippen LogP contribution in [-0.2, 0) is 28.7 Å². The van der Waals surface area contributed by atoms with Crippen molar-refractivity contribution in [1.82, 2.24) is 4.90 Å². The van der Waals surface area contributed by atoms with Gasteiger partial charge in [-0.25, -0.2) is 12.8 Å². The summed E-state index contributed by atoms with van der Waals surface area (Å²) in [5.74, 6) is -0.566. The van der Waals surface area contributed by atoms with E-state index < -0.39 is 21.4 Å². The third-order valence-electron chi connectivity index (χ3n) is 5.34. The SMILES string of the molecule is CS(=O)(=O)c1cc(Cl)ccc1CN1Cc2cc(Br)cc(F)c2C1(O)c1ccc(Cl)cc1. The Balaban J connectivity index is 1.88. The molecule has 0 bridgehead atoms. The summed E-state index contributed by atoms with van der Waals surface area (Å²) < 4.78 is 40.3. The highest BCUT2D eigenvalue weighted by molar-refractivity contribution is 9.10. The van der Waals surface area contributed by atoms with Gasteiger partial charge in [0.2, 0.25) is 0 Å². The predicted molar refractivity (Wildman–Crippen MR) is 122 cm³/mol. The molecule has 4 rings (SSSR count). The minimum absolute atomic E-state index is 0.0461. The van der Waals surface area contributed by atoms with Crippen molar-refractivity contribution in [3.63, 3.8) is 0 Å². The lowest BCUT2D eigenvalue weighted by Crippen LogP contribution is -2.42. The second-order valence-electron chi connectivity index (χ2n) is 7.48. The first-order valence-corrected chi connectivity index (χ1v) is 12.6. The van der Waals surface area contributed by atoms with Crippen molar-refractivity contribution < 1.29 is 17.9 Å². The average Bonchev–Trinajstić information content (AvgIpc) is 2.95. The second-order valence-corrected chi connectivity index (χ2v) is 11.3. The van der Waals surface area contributed by atoms with Gasteiger partial charge < -0.3 is 5.11 Å². The van der Waals surface area contributed by atoms with Crippen LogP contribution in [0.2, 0.25) is 10.0 Å². The van der Waals surface area contributed by atoms with Crippen molar-refractivity contribution >= 4 is 49.0 Å². The summed E-state index contributed by atoms with van der Waals surface area (Å²) in [4.78, 5) is 1.70. The Morgan fingerprint density at radius 2 is 1.74 bits per heavy atom. The first-order chi connectivity index (χ1) is 14.5. The number of rotatable bonds is 4. The largest absolute Gasteiger partial charge is 0.367 e. The third kappa shape index (κ3) is 4.15. The summed E-state index contributed by atoms with van der Waals surface area (Å²) in [6, 6.07) is 14.1. The molecule has 0 amide bonds. The number of aliphatic hydroxyl groups is 1. The van der Waals surface area contributed by atoms with E-state index in [1.807, 2.05) is 0 Å². The number of sulfone groups is 1. The summed E-state index contributed by atoms with van der Waals surface area (Å²) in [6.07, 6.45) is 1.10. The van der Waals surface area contributed by atoms with Gasteiger partial charge in [-0.3, -0.25) is 4.90 Å². The van der Waals surface area contributed by atoms with E-state index in [-0.39, 0.29) is 28.6 Å². The van der Waals surface area contributed by atoms with E-state index in [0.717, 1.165) is 6.26 Å². The van der Waals surface area contributed by atoms with Crippen LogP contribution in [0.3, 0.4) is 0 Å². The molecule has 1 N–H and O–H groups in total. The molecule has 1 aliphatic rings. The van der Waals surface area contributed by atoms with Gasteiger partial charge in [0.1, 0.15) is 5.82 Å². The standard InChI is InChI=1S/C22H17BrCl2FNO3S/c1-31(29,30)20-10-18(25)5-2-13(20)11-27-12-14-8-16(23)9-19(26)21(14)22(27,28)15-3-6-17(24)7-4-15/h2-10,28H,11-12H2,1H3. The lowest BCUT2D eigenvalue weighted by atomic mass is 9.93. The highest BCUT2D eigenvalue weighted by Crippen LogP contribution is 2.46. The van der Waals surface area contributed by atoms with Gasteiger partial charge in [-0.05, 0) is 47.5 Å². The van der Waals surface area contributed by atoms with E-state index in [0.29, 0.717) is 26.2 Å². The molecule has 4 nitrogen and oxygen atoms in total. The number of nitrogens with zero attached hydrogens (tertiary/aromatic N) is 1. The Hall–Kier alpha value is -1.48. The molecular weight excluding hydrogens is 528 g/mol. The van der Waals surface area contributed by atoms with Crippen LogP contribution in [0.4, 0.5) is 4.39 Å². The lowest BCUT2D eigenvalue weighted by molar-refractivity contribution is -0.0777. The van der Waals surface area contributed by atoms with Crippen LogP contribution in [-0.4, -0.2) is 24.7 Å². The van der Waals surface area contributed by atoms with Crippen LogP contribution in [0.25, 0.3) is 0 Å². The quantitative estimate of drug-likeness (QED) is 0.470. The molecular formula is C22H17BrCl2FNO3S. The van der Waals surface area contributed by atoms with Gasteiger partial charge in [-0.1, -0.05) is 57.3 Å². The fourth-order valence-electron chi connectivity index (χ4n) is 4.01.